The topological polar surface area (TPSA) is 115 Å². The fourth-order valence-electron chi connectivity index (χ4n) is 1.32. The van der Waals surface area contributed by atoms with E-state index in [9.17, 15) is 4.79 Å². The maximum absolute atomic E-state index is 11.1. The summed E-state index contributed by atoms with van der Waals surface area (Å²) in [7, 11) is 0. The molecule has 0 aliphatic rings. The zero-order chi connectivity index (χ0) is 12.7. The number of carbonyl (C=O) groups excluding carboxylic acids is 1. The largest absolute Gasteiger partial charge is 0.295 e. The molecule has 0 amide bonds. The molecule has 86 valence electrons. The third-order valence-corrected chi connectivity index (χ3v) is 2.21. The van der Waals surface area contributed by atoms with Crippen molar-refractivity contribution in [2.45, 2.75) is 13.0 Å². The van der Waals surface area contributed by atoms with Crippen molar-refractivity contribution in [3.8, 4) is 0 Å². The normalized spacial score (nSPS) is 10.9. The van der Waals surface area contributed by atoms with Gasteiger partial charge in [-0.3, -0.25) is 4.79 Å². The van der Waals surface area contributed by atoms with E-state index in [0.29, 0.717) is 11.1 Å². The van der Waals surface area contributed by atoms with E-state index in [1.54, 1.807) is 24.3 Å². The molecule has 1 unspecified atom stereocenters. The van der Waals surface area contributed by atoms with Crippen molar-refractivity contribution < 1.29 is 4.79 Å². The van der Waals surface area contributed by atoms with Crippen molar-refractivity contribution in [1.82, 2.24) is 0 Å². The molecule has 1 atom stereocenters. The van der Waals surface area contributed by atoms with Crippen LogP contribution in [0.2, 0.25) is 0 Å². The van der Waals surface area contributed by atoms with Crippen molar-refractivity contribution in [3.05, 3.63) is 56.3 Å². The van der Waals surface area contributed by atoms with Gasteiger partial charge in [-0.15, -0.1) is 0 Å². The van der Waals surface area contributed by atoms with Gasteiger partial charge in [-0.2, -0.15) is 0 Å². The Kier molecular flexibility index (Phi) is 4.57. The fourth-order valence-corrected chi connectivity index (χ4v) is 1.32. The second-order valence-electron chi connectivity index (χ2n) is 3.31. The average Bonchev–Trinajstić information content (AvgIpc) is 2.34. The summed E-state index contributed by atoms with van der Waals surface area (Å²) >= 11 is 0. The summed E-state index contributed by atoms with van der Waals surface area (Å²) < 4.78 is 0. The van der Waals surface area contributed by atoms with Crippen LogP contribution in [0.4, 0.5) is 0 Å². The van der Waals surface area contributed by atoms with Gasteiger partial charge in [-0.05, 0) is 23.5 Å². The number of rotatable bonds is 5. The maximum atomic E-state index is 11.1. The van der Waals surface area contributed by atoms with Crippen molar-refractivity contribution in [3.63, 3.8) is 0 Å². The monoisotopic (exact) mass is 230 g/mol. The highest BCUT2D eigenvalue weighted by Gasteiger charge is 2.08. The van der Waals surface area contributed by atoms with E-state index in [2.05, 4.69) is 20.1 Å². The molecule has 0 heterocycles. The first-order chi connectivity index (χ1) is 8.19. The predicted molar refractivity (Wildman–Crippen MR) is 62.3 cm³/mol. The van der Waals surface area contributed by atoms with Crippen LogP contribution in [0.3, 0.4) is 0 Å². The minimum absolute atomic E-state index is 0.0352. The number of carbonyl (C=O) groups is 1. The van der Waals surface area contributed by atoms with Crippen LogP contribution in [-0.2, 0) is 0 Å². The lowest BCUT2D eigenvalue weighted by atomic mass is 10.0. The number of ketones is 1. The van der Waals surface area contributed by atoms with Gasteiger partial charge in [-0.1, -0.05) is 34.5 Å². The minimum Gasteiger partial charge on any atom is -0.295 e. The Hall–Kier alpha value is -2.49. The summed E-state index contributed by atoms with van der Waals surface area (Å²) in [5.74, 6) is -0.0352. The molecular formula is C10H10N6O. The zero-order valence-electron chi connectivity index (χ0n) is 9.19. The smallest absolute Gasteiger partial charge is 0.159 e. The summed E-state index contributed by atoms with van der Waals surface area (Å²) in [6, 6.07) is 6.12. The molecule has 7 nitrogen and oxygen atoms in total. The van der Waals surface area contributed by atoms with Gasteiger partial charge >= 0.3 is 0 Å². The first kappa shape index (κ1) is 12.6. The van der Waals surface area contributed by atoms with Crippen LogP contribution in [0.1, 0.15) is 28.9 Å². The Labute approximate surface area is 97.3 Å². The second-order valence-corrected chi connectivity index (χ2v) is 3.31. The molecule has 0 saturated heterocycles. The molecule has 0 fully saturated rings. The van der Waals surface area contributed by atoms with Crippen molar-refractivity contribution in [2.75, 3.05) is 6.54 Å². The van der Waals surface area contributed by atoms with E-state index >= 15 is 0 Å². The molecular weight excluding hydrogens is 220 g/mol. The predicted octanol–water partition coefficient (Wildman–Crippen LogP) is 3.55. The van der Waals surface area contributed by atoms with Gasteiger partial charge in [0.15, 0.2) is 5.78 Å². The molecule has 0 aromatic heterocycles. The lowest BCUT2D eigenvalue weighted by Crippen LogP contribution is -1.99. The molecule has 1 rings (SSSR count). The molecule has 0 N–H and O–H groups in total. The SMILES string of the molecule is CC(=O)c1ccc(C(CN=[N+]=[N-])N=[N+]=[N-])cc1. The number of Topliss-reactive ketones (excluding diaryl/α,β-unsaturated/α-hetero) is 1. The Balaban J connectivity index is 2.98. The Bertz CT molecular complexity index is 496. The van der Waals surface area contributed by atoms with Crippen LogP contribution in [0, 0.1) is 0 Å². The Morgan fingerprint density at radius 3 is 2.41 bits per heavy atom. The first-order valence-corrected chi connectivity index (χ1v) is 4.85. The van der Waals surface area contributed by atoms with Gasteiger partial charge in [-0.25, -0.2) is 0 Å². The third kappa shape index (κ3) is 3.53. The van der Waals surface area contributed by atoms with Gasteiger partial charge < -0.3 is 0 Å². The molecule has 0 radical (unpaired) electrons. The van der Waals surface area contributed by atoms with Crippen LogP contribution in [0.15, 0.2) is 34.5 Å². The Morgan fingerprint density at radius 1 is 1.29 bits per heavy atom. The van der Waals surface area contributed by atoms with Crippen LogP contribution >= 0.6 is 0 Å². The summed E-state index contributed by atoms with van der Waals surface area (Å²) in [4.78, 5) is 16.4. The molecule has 0 aliphatic carbocycles. The van der Waals surface area contributed by atoms with Gasteiger partial charge in [0.1, 0.15) is 0 Å². The third-order valence-electron chi connectivity index (χ3n) is 2.21. The maximum Gasteiger partial charge on any atom is 0.159 e. The molecule has 17 heavy (non-hydrogen) atoms. The van der Waals surface area contributed by atoms with Crippen molar-refractivity contribution in [2.24, 2.45) is 10.2 Å². The Morgan fingerprint density at radius 2 is 1.94 bits per heavy atom. The van der Waals surface area contributed by atoms with E-state index in [1.165, 1.54) is 6.92 Å². The summed E-state index contributed by atoms with van der Waals surface area (Å²) in [6.07, 6.45) is 0. The lowest BCUT2D eigenvalue weighted by molar-refractivity contribution is 0.101. The molecule has 0 saturated carbocycles. The quantitative estimate of drug-likeness (QED) is 0.327. The average molecular weight is 230 g/mol. The van der Waals surface area contributed by atoms with Gasteiger partial charge in [0, 0.05) is 21.9 Å². The molecule has 0 aliphatic heterocycles. The standard InChI is InChI=1S/C10H10N6O/c1-7(17)8-2-4-9(5-3-8)10(14-16-12)6-13-15-11/h2-5,10H,6H2,1H3. The molecule has 1 aromatic carbocycles. The molecule has 1 aromatic rings. The highest BCUT2D eigenvalue weighted by molar-refractivity contribution is 5.94. The molecule has 7 heteroatoms. The minimum atomic E-state index is -0.545. The van der Waals surface area contributed by atoms with Crippen LogP contribution < -0.4 is 0 Å². The highest BCUT2D eigenvalue weighted by Crippen LogP contribution is 2.19. The number of hydrogen-bond donors (Lipinski definition) is 0. The highest BCUT2D eigenvalue weighted by atomic mass is 16.1. The lowest BCUT2D eigenvalue weighted by Gasteiger charge is -2.08. The second kappa shape index (κ2) is 6.17. The summed E-state index contributed by atoms with van der Waals surface area (Å²) in [5, 5.41) is 6.91. The van der Waals surface area contributed by atoms with Gasteiger partial charge in [0.2, 0.25) is 0 Å². The summed E-state index contributed by atoms with van der Waals surface area (Å²) in [6.45, 7) is 1.53. The van der Waals surface area contributed by atoms with Crippen molar-refractivity contribution in [1.29, 1.82) is 0 Å². The van der Waals surface area contributed by atoms with Crippen LogP contribution in [0.5, 0.6) is 0 Å². The van der Waals surface area contributed by atoms with Crippen LogP contribution in [-0.4, -0.2) is 12.3 Å². The zero-order valence-corrected chi connectivity index (χ0v) is 9.19. The summed E-state index contributed by atoms with van der Waals surface area (Å²) in [5.41, 5.74) is 17.9. The number of azide groups is 2. The van der Waals surface area contributed by atoms with E-state index in [0.717, 1.165) is 0 Å². The van der Waals surface area contributed by atoms with E-state index in [-0.39, 0.29) is 12.3 Å². The number of hydrogen-bond acceptors (Lipinski definition) is 3. The van der Waals surface area contributed by atoms with Crippen molar-refractivity contribution >= 4 is 5.78 Å². The number of nitrogens with zero attached hydrogens (tertiary/aromatic N) is 6. The number of benzene rings is 1. The molecule has 0 spiro atoms. The first-order valence-electron chi connectivity index (χ1n) is 4.85. The van der Waals surface area contributed by atoms with Gasteiger partial charge in [0.25, 0.3) is 0 Å². The van der Waals surface area contributed by atoms with Crippen LogP contribution in [0.25, 0.3) is 20.9 Å². The van der Waals surface area contributed by atoms with E-state index < -0.39 is 6.04 Å². The molecule has 0 bridgehead atoms. The van der Waals surface area contributed by atoms with Gasteiger partial charge in [0.05, 0.1) is 6.04 Å². The fraction of sp³-hybridized carbons (Fsp3) is 0.300. The van der Waals surface area contributed by atoms with E-state index in [1.807, 2.05) is 0 Å². The van der Waals surface area contributed by atoms with E-state index in [4.69, 9.17) is 11.1 Å².